The molecule has 1 aromatic carbocycles. The standard InChI is InChI=1S/C12H14N4/c1-16(2)7-6-15-12-10(8-13)4-3-5-11(12)9-14/h3-5,15H,6-7H2,1-2H3. The highest BCUT2D eigenvalue weighted by molar-refractivity contribution is 5.66. The first-order chi connectivity index (χ1) is 7.69. The van der Waals surface area contributed by atoms with Gasteiger partial charge in [-0.25, -0.2) is 0 Å². The summed E-state index contributed by atoms with van der Waals surface area (Å²) in [5.41, 5.74) is 1.66. The largest absolute Gasteiger partial charge is 0.382 e. The molecular formula is C12H14N4. The number of nitriles is 2. The Hall–Kier alpha value is -2.04. The van der Waals surface area contributed by atoms with E-state index in [1.54, 1.807) is 18.2 Å². The minimum Gasteiger partial charge on any atom is -0.382 e. The number of nitrogens with one attached hydrogen (secondary N) is 1. The Morgan fingerprint density at radius 1 is 1.19 bits per heavy atom. The van der Waals surface area contributed by atoms with Crippen molar-refractivity contribution in [2.75, 3.05) is 32.5 Å². The highest BCUT2D eigenvalue weighted by Gasteiger charge is 2.06. The Balaban J connectivity index is 2.85. The zero-order valence-corrected chi connectivity index (χ0v) is 9.49. The van der Waals surface area contributed by atoms with Crippen LogP contribution in [0.2, 0.25) is 0 Å². The van der Waals surface area contributed by atoms with Crippen LogP contribution in [0.25, 0.3) is 0 Å². The average molecular weight is 214 g/mol. The maximum Gasteiger partial charge on any atom is 0.101 e. The monoisotopic (exact) mass is 214 g/mol. The van der Waals surface area contributed by atoms with Crippen LogP contribution in [0.5, 0.6) is 0 Å². The van der Waals surface area contributed by atoms with E-state index in [1.807, 2.05) is 19.0 Å². The molecule has 1 aromatic rings. The minimum absolute atomic E-state index is 0.512. The third kappa shape index (κ3) is 2.98. The van der Waals surface area contributed by atoms with E-state index in [4.69, 9.17) is 10.5 Å². The molecule has 0 fully saturated rings. The van der Waals surface area contributed by atoms with Crippen LogP contribution in [-0.4, -0.2) is 32.1 Å². The molecule has 0 saturated heterocycles. The molecule has 0 atom stereocenters. The Labute approximate surface area is 95.7 Å². The van der Waals surface area contributed by atoms with Gasteiger partial charge in [0, 0.05) is 13.1 Å². The fourth-order valence-corrected chi connectivity index (χ4v) is 1.33. The third-order valence-corrected chi connectivity index (χ3v) is 2.17. The first-order valence-electron chi connectivity index (χ1n) is 5.01. The van der Waals surface area contributed by atoms with E-state index in [0.29, 0.717) is 23.4 Å². The van der Waals surface area contributed by atoms with Gasteiger partial charge in [0.25, 0.3) is 0 Å². The van der Waals surface area contributed by atoms with E-state index in [-0.39, 0.29) is 0 Å². The number of hydrogen-bond donors (Lipinski definition) is 1. The van der Waals surface area contributed by atoms with Crippen molar-refractivity contribution in [2.45, 2.75) is 0 Å². The second-order valence-corrected chi connectivity index (χ2v) is 3.68. The van der Waals surface area contributed by atoms with Crippen LogP contribution in [0.4, 0.5) is 5.69 Å². The summed E-state index contributed by atoms with van der Waals surface area (Å²) in [6.45, 7) is 1.56. The number of anilines is 1. The van der Waals surface area contributed by atoms with Crippen molar-refractivity contribution in [2.24, 2.45) is 0 Å². The first-order valence-corrected chi connectivity index (χ1v) is 5.01. The summed E-state index contributed by atoms with van der Waals surface area (Å²) < 4.78 is 0. The van der Waals surface area contributed by atoms with Gasteiger partial charge in [-0.3, -0.25) is 0 Å². The lowest BCUT2D eigenvalue weighted by molar-refractivity contribution is 0.425. The van der Waals surface area contributed by atoms with Crippen molar-refractivity contribution in [3.63, 3.8) is 0 Å². The normalized spacial score (nSPS) is 9.56. The van der Waals surface area contributed by atoms with Crippen molar-refractivity contribution in [1.29, 1.82) is 10.5 Å². The van der Waals surface area contributed by atoms with Crippen molar-refractivity contribution in [3.05, 3.63) is 29.3 Å². The number of para-hydroxylation sites is 1. The molecule has 0 unspecified atom stereocenters. The molecular weight excluding hydrogens is 200 g/mol. The van der Waals surface area contributed by atoms with Gasteiger partial charge >= 0.3 is 0 Å². The fraction of sp³-hybridized carbons (Fsp3) is 0.333. The summed E-state index contributed by atoms with van der Waals surface area (Å²) in [7, 11) is 3.95. The maximum absolute atomic E-state index is 8.94. The molecule has 0 radical (unpaired) electrons. The van der Waals surface area contributed by atoms with E-state index in [0.717, 1.165) is 6.54 Å². The second-order valence-electron chi connectivity index (χ2n) is 3.68. The van der Waals surface area contributed by atoms with Crippen LogP contribution in [0.3, 0.4) is 0 Å². The highest BCUT2D eigenvalue weighted by Crippen LogP contribution is 2.19. The Morgan fingerprint density at radius 2 is 1.75 bits per heavy atom. The fourth-order valence-electron chi connectivity index (χ4n) is 1.33. The number of hydrogen-bond acceptors (Lipinski definition) is 4. The highest BCUT2D eigenvalue weighted by atomic mass is 15.1. The maximum atomic E-state index is 8.94. The summed E-state index contributed by atoms with van der Waals surface area (Å²) in [5, 5.41) is 21.0. The van der Waals surface area contributed by atoms with Gasteiger partial charge in [-0.15, -0.1) is 0 Å². The molecule has 0 aromatic heterocycles. The van der Waals surface area contributed by atoms with Crippen LogP contribution in [0.15, 0.2) is 18.2 Å². The lowest BCUT2D eigenvalue weighted by Crippen LogP contribution is -2.21. The summed E-state index contributed by atoms with van der Waals surface area (Å²) in [4.78, 5) is 2.04. The van der Waals surface area contributed by atoms with Crippen molar-refractivity contribution < 1.29 is 0 Å². The van der Waals surface area contributed by atoms with Crippen LogP contribution < -0.4 is 5.32 Å². The van der Waals surface area contributed by atoms with Crippen LogP contribution in [-0.2, 0) is 0 Å². The van der Waals surface area contributed by atoms with E-state index < -0.39 is 0 Å². The minimum atomic E-state index is 0.512. The lowest BCUT2D eigenvalue weighted by atomic mass is 10.1. The Bertz CT molecular complexity index is 405. The van der Waals surface area contributed by atoms with E-state index >= 15 is 0 Å². The number of rotatable bonds is 4. The van der Waals surface area contributed by atoms with Crippen molar-refractivity contribution >= 4 is 5.69 Å². The molecule has 0 aliphatic rings. The molecule has 1 rings (SSSR count). The topological polar surface area (TPSA) is 62.9 Å². The molecule has 0 spiro atoms. The van der Waals surface area contributed by atoms with Gasteiger partial charge in [-0.2, -0.15) is 10.5 Å². The Morgan fingerprint density at radius 3 is 2.19 bits per heavy atom. The van der Waals surface area contributed by atoms with Crippen molar-refractivity contribution in [1.82, 2.24) is 4.90 Å². The van der Waals surface area contributed by atoms with Crippen LogP contribution in [0, 0.1) is 22.7 Å². The van der Waals surface area contributed by atoms with Gasteiger partial charge in [-0.1, -0.05) is 6.07 Å². The summed E-state index contributed by atoms with van der Waals surface area (Å²) in [5.74, 6) is 0. The molecule has 0 bridgehead atoms. The molecule has 0 aliphatic carbocycles. The summed E-state index contributed by atoms with van der Waals surface area (Å²) >= 11 is 0. The van der Waals surface area contributed by atoms with Gasteiger partial charge in [0.05, 0.1) is 16.8 Å². The molecule has 82 valence electrons. The summed E-state index contributed by atoms with van der Waals surface area (Å²) in [6.07, 6.45) is 0. The van der Waals surface area contributed by atoms with E-state index in [1.165, 1.54) is 0 Å². The number of benzene rings is 1. The molecule has 1 N–H and O–H groups in total. The van der Waals surface area contributed by atoms with Gasteiger partial charge in [0.2, 0.25) is 0 Å². The third-order valence-electron chi connectivity index (χ3n) is 2.17. The van der Waals surface area contributed by atoms with Crippen molar-refractivity contribution in [3.8, 4) is 12.1 Å². The molecule has 0 saturated carbocycles. The van der Waals surface area contributed by atoms with E-state index in [9.17, 15) is 0 Å². The molecule has 16 heavy (non-hydrogen) atoms. The molecule has 0 aliphatic heterocycles. The smallest absolute Gasteiger partial charge is 0.101 e. The zero-order valence-electron chi connectivity index (χ0n) is 9.49. The van der Waals surface area contributed by atoms with Crippen LogP contribution in [0.1, 0.15) is 11.1 Å². The molecule has 4 heteroatoms. The number of nitrogens with zero attached hydrogens (tertiary/aromatic N) is 3. The molecule has 0 heterocycles. The predicted octanol–water partition coefficient (Wildman–Crippen LogP) is 1.40. The molecule has 4 nitrogen and oxygen atoms in total. The average Bonchev–Trinajstić information content (AvgIpc) is 2.28. The SMILES string of the molecule is CN(C)CCNc1c(C#N)cccc1C#N. The predicted molar refractivity (Wildman–Crippen MR) is 62.9 cm³/mol. The van der Waals surface area contributed by atoms with Gasteiger partial charge < -0.3 is 10.2 Å². The van der Waals surface area contributed by atoms with Crippen LogP contribution >= 0.6 is 0 Å². The second kappa shape index (κ2) is 5.75. The Kier molecular flexibility index (Phi) is 4.32. The summed E-state index contributed by atoms with van der Waals surface area (Å²) in [6, 6.07) is 9.29. The number of likely N-dealkylation sites (N-methyl/N-ethyl adjacent to an activating group) is 1. The van der Waals surface area contributed by atoms with Gasteiger partial charge in [0.15, 0.2) is 0 Å². The molecule has 0 amide bonds. The van der Waals surface area contributed by atoms with Gasteiger partial charge in [-0.05, 0) is 26.2 Å². The zero-order chi connectivity index (χ0) is 12.0. The first kappa shape index (κ1) is 12.0. The quantitative estimate of drug-likeness (QED) is 0.823. The lowest BCUT2D eigenvalue weighted by Gasteiger charge is -2.13. The van der Waals surface area contributed by atoms with E-state index in [2.05, 4.69) is 17.5 Å². The van der Waals surface area contributed by atoms with Gasteiger partial charge in [0.1, 0.15) is 12.1 Å².